The fourth-order valence-electron chi connectivity index (χ4n) is 2.27. The first-order valence-corrected chi connectivity index (χ1v) is 6.66. The summed E-state index contributed by atoms with van der Waals surface area (Å²) in [6, 6.07) is 6.21. The maximum atomic E-state index is 4.72. The number of imidazole rings is 2. The molecule has 0 aliphatic heterocycles. The Morgan fingerprint density at radius 3 is 1.68 bits per heavy atom. The lowest BCUT2D eigenvalue weighted by atomic mass is 10.3. The molecule has 0 fully saturated rings. The number of aryl methyl sites for hydroxylation is 2. The molecule has 0 aliphatic carbocycles. The smallest absolute Gasteiger partial charge is 0.243 e. The van der Waals surface area contributed by atoms with Crippen LogP contribution in [0.15, 0.2) is 55.6 Å². The minimum atomic E-state index is 0. The van der Waals surface area contributed by atoms with Crippen LogP contribution in [0.5, 0.6) is 0 Å². The van der Waals surface area contributed by atoms with E-state index >= 15 is 0 Å². The van der Waals surface area contributed by atoms with Gasteiger partial charge < -0.3 is 34.0 Å². The minimum absolute atomic E-state index is 0. The molecule has 0 spiro atoms. The lowest BCUT2D eigenvalue weighted by Gasteiger charge is -2.01. The molecule has 0 radical (unpaired) electrons. The first-order chi connectivity index (χ1) is 9.69. The molecule has 0 saturated heterocycles. The lowest BCUT2D eigenvalue weighted by molar-refractivity contribution is -0.671. The highest BCUT2D eigenvalue weighted by molar-refractivity contribution is 5.12. The summed E-state index contributed by atoms with van der Waals surface area (Å²) < 4.78 is 8.32. The van der Waals surface area contributed by atoms with Crippen LogP contribution in [-0.2, 0) is 27.2 Å². The average Bonchev–Trinajstić information content (AvgIpc) is 2.99. The third-order valence-electron chi connectivity index (χ3n) is 3.20. The van der Waals surface area contributed by atoms with E-state index in [0.29, 0.717) is 0 Å². The number of rotatable bonds is 4. The molecule has 0 saturated carbocycles. The highest BCUT2D eigenvalue weighted by Gasteiger charge is 2.06. The molecular formula is C15H19Br2N5. The van der Waals surface area contributed by atoms with E-state index in [1.165, 1.54) is 0 Å². The van der Waals surface area contributed by atoms with Crippen molar-refractivity contribution in [2.75, 3.05) is 0 Å². The van der Waals surface area contributed by atoms with Crippen LogP contribution >= 0.6 is 0 Å². The number of pyridine rings is 1. The highest BCUT2D eigenvalue weighted by Crippen LogP contribution is 2.03. The Balaban J connectivity index is 0.00000121. The Bertz CT molecular complexity index is 663. The molecule has 22 heavy (non-hydrogen) atoms. The monoisotopic (exact) mass is 427 g/mol. The zero-order valence-electron chi connectivity index (χ0n) is 12.6. The van der Waals surface area contributed by atoms with Crippen molar-refractivity contribution in [2.45, 2.75) is 13.1 Å². The predicted molar refractivity (Wildman–Crippen MR) is 73.7 cm³/mol. The Morgan fingerprint density at radius 1 is 0.864 bits per heavy atom. The number of hydrogen-bond acceptors (Lipinski definition) is 1. The van der Waals surface area contributed by atoms with Crippen molar-refractivity contribution in [2.24, 2.45) is 14.1 Å². The molecule has 3 aromatic heterocycles. The van der Waals surface area contributed by atoms with Crippen LogP contribution in [0.2, 0.25) is 0 Å². The van der Waals surface area contributed by atoms with Gasteiger partial charge >= 0.3 is 0 Å². The second-order valence-corrected chi connectivity index (χ2v) is 5.12. The molecule has 3 rings (SSSR count). The van der Waals surface area contributed by atoms with E-state index in [1.54, 1.807) is 0 Å². The van der Waals surface area contributed by atoms with Crippen LogP contribution in [0.4, 0.5) is 0 Å². The van der Waals surface area contributed by atoms with E-state index in [0.717, 1.165) is 24.5 Å². The van der Waals surface area contributed by atoms with Crippen molar-refractivity contribution in [1.29, 1.82) is 0 Å². The molecule has 5 nitrogen and oxygen atoms in total. The molecule has 0 aliphatic rings. The third-order valence-corrected chi connectivity index (χ3v) is 3.20. The highest BCUT2D eigenvalue weighted by atomic mass is 79.9. The molecule has 0 unspecified atom stereocenters. The van der Waals surface area contributed by atoms with Gasteiger partial charge in [0.1, 0.15) is 37.9 Å². The second-order valence-electron chi connectivity index (χ2n) is 5.12. The van der Waals surface area contributed by atoms with E-state index < -0.39 is 0 Å². The van der Waals surface area contributed by atoms with Crippen LogP contribution in [0.25, 0.3) is 0 Å². The molecule has 3 aromatic rings. The van der Waals surface area contributed by atoms with E-state index in [1.807, 2.05) is 35.6 Å². The molecule has 0 atom stereocenters. The number of nitrogens with zero attached hydrogens (tertiary/aromatic N) is 5. The summed E-state index contributed by atoms with van der Waals surface area (Å²) in [5.74, 6) is 0. The summed E-state index contributed by atoms with van der Waals surface area (Å²) >= 11 is 0. The van der Waals surface area contributed by atoms with Gasteiger partial charge in [-0.1, -0.05) is 6.07 Å². The zero-order chi connectivity index (χ0) is 13.9. The minimum Gasteiger partial charge on any atom is -1.00 e. The summed E-state index contributed by atoms with van der Waals surface area (Å²) in [6.07, 6.45) is 12.3. The second kappa shape index (κ2) is 8.24. The zero-order valence-corrected chi connectivity index (χ0v) is 15.8. The van der Waals surface area contributed by atoms with E-state index in [9.17, 15) is 0 Å². The van der Waals surface area contributed by atoms with Gasteiger partial charge in [-0.05, 0) is 12.1 Å². The van der Waals surface area contributed by atoms with Gasteiger partial charge in [-0.2, -0.15) is 0 Å². The Kier molecular flexibility index (Phi) is 6.96. The van der Waals surface area contributed by atoms with Gasteiger partial charge in [0, 0.05) is 0 Å². The largest absolute Gasteiger partial charge is 1.00 e. The summed E-state index contributed by atoms with van der Waals surface area (Å²) in [6.45, 7) is 1.60. The average molecular weight is 429 g/mol. The van der Waals surface area contributed by atoms with E-state index in [2.05, 4.69) is 52.4 Å². The molecule has 0 amide bonds. The first-order valence-electron chi connectivity index (χ1n) is 6.66. The Hall–Kier alpha value is -1.47. The summed E-state index contributed by atoms with van der Waals surface area (Å²) in [5, 5.41) is 0. The van der Waals surface area contributed by atoms with Crippen LogP contribution in [0.1, 0.15) is 11.4 Å². The van der Waals surface area contributed by atoms with Crippen molar-refractivity contribution in [3.05, 3.63) is 67.0 Å². The first kappa shape index (κ1) is 18.6. The summed E-state index contributed by atoms with van der Waals surface area (Å²) in [4.78, 5) is 4.72. The van der Waals surface area contributed by atoms with Crippen LogP contribution in [0, 0.1) is 0 Å². The van der Waals surface area contributed by atoms with Gasteiger partial charge in [-0.15, -0.1) is 0 Å². The van der Waals surface area contributed by atoms with E-state index in [-0.39, 0.29) is 34.0 Å². The summed E-state index contributed by atoms with van der Waals surface area (Å²) in [5.41, 5.74) is 2.16. The molecule has 7 heteroatoms. The summed E-state index contributed by atoms with van der Waals surface area (Å²) in [7, 11) is 4.04. The van der Waals surface area contributed by atoms with Crippen LogP contribution < -0.4 is 43.1 Å². The number of aromatic nitrogens is 5. The normalized spacial score (nSPS) is 9.91. The standard InChI is InChI=1S/C15H19N5.2BrH/c1-17-6-8-19(12-17)10-14-4-3-5-15(16-14)11-20-9-7-18(2)13-20;;/h3-9,12-13H,10-11H2,1-2H3;2*1H/q+2;;/p-2. The quantitative estimate of drug-likeness (QED) is 0.381. The van der Waals surface area contributed by atoms with Crippen molar-refractivity contribution < 1.29 is 43.1 Å². The fourth-order valence-corrected chi connectivity index (χ4v) is 2.27. The topological polar surface area (TPSA) is 30.5 Å². The van der Waals surface area contributed by atoms with Gasteiger partial charge in [0.15, 0.2) is 0 Å². The van der Waals surface area contributed by atoms with Gasteiger partial charge in [-0.3, -0.25) is 0 Å². The molecule has 3 heterocycles. The maximum absolute atomic E-state index is 4.72. The SMILES string of the molecule is C[n+]1ccn(Cc2cccc(Cn3cc[n+](C)c3)n2)c1.[Br-].[Br-]. The van der Waals surface area contributed by atoms with Crippen molar-refractivity contribution in [1.82, 2.24) is 14.1 Å². The fraction of sp³-hybridized carbons (Fsp3) is 0.267. The van der Waals surface area contributed by atoms with Crippen molar-refractivity contribution >= 4 is 0 Å². The van der Waals surface area contributed by atoms with Crippen molar-refractivity contribution in [3.8, 4) is 0 Å². The molecule has 0 N–H and O–H groups in total. The van der Waals surface area contributed by atoms with Gasteiger partial charge in [0.05, 0.1) is 25.5 Å². The Labute approximate surface area is 151 Å². The lowest BCUT2D eigenvalue weighted by Crippen LogP contribution is -3.00. The third kappa shape index (κ3) is 4.78. The van der Waals surface area contributed by atoms with E-state index in [4.69, 9.17) is 4.98 Å². The molecular weight excluding hydrogens is 410 g/mol. The molecule has 118 valence electrons. The maximum Gasteiger partial charge on any atom is 0.243 e. The van der Waals surface area contributed by atoms with Gasteiger partial charge in [0.2, 0.25) is 12.7 Å². The van der Waals surface area contributed by atoms with Crippen LogP contribution in [-0.4, -0.2) is 14.1 Å². The number of halogens is 2. The molecule has 0 aromatic carbocycles. The van der Waals surface area contributed by atoms with Gasteiger partial charge in [0.25, 0.3) is 0 Å². The molecule has 0 bridgehead atoms. The van der Waals surface area contributed by atoms with Gasteiger partial charge in [-0.25, -0.2) is 23.3 Å². The van der Waals surface area contributed by atoms with Crippen molar-refractivity contribution in [3.63, 3.8) is 0 Å². The predicted octanol–water partition coefficient (Wildman–Crippen LogP) is -5.56. The van der Waals surface area contributed by atoms with Crippen LogP contribution in [0.3, 0.4) is 0 Å². The number of hydrogen-bond donors (Lipinski definition) is 0. The Morgan fingerprint density at radius 2 is 1.32 bits per heavy atom.